The van der Waals surface area contributed by atoms with E-state index in [1.165, 1.54) is 37.8 Å². The third-order valence-electron chi connectivity index (χ3n) is 3.86. The van der Waals surface area contributed by atoms with Gasteiger partial charge >= 0.3 is 0 Å². The maximum absolute atomic E-state index is 13.2. The molecule has 2 nitrogen and oxygen atoms in total. The minimum atomic E-state index is -0.780. The fourth-order valence-electron chi connectivity index (χ4n) is 2.83. The Morgan fingerprint density at radius 3 is 2.53 bits per heavy atom. The van der Waals surface area contributed by atoms with Crippen LogP contribution in [-0.2, 0) is 6.54 Å². The van der Waals surface area contributed by atoms with Crippen molar-refractivity contribution in [2.75, 3.05) is 13.1 Å². The number of halogens is 2. The van der Waals surface area contributed by atoms with Gasteiger partial charge < -0.3 is 5.73 Å². The van der Waals surface area contributed by atoms with Crippen molar-refractivity contribution in [3.05, 3.63) is 35.4 Å². The van der Waals surface area contributed by atoms with Crippen LogP contribution in [0.15, 0.2) is 18.2 Å². The summed E-state index contributed by atoms with van der Waals surface area (Å²) in [6.07, 6.45) is 5.88. The summed E-state index contributed by atoms with van der Waals surface area (Å²) in [4.78, 5) is 2.37. The van der Waals surface area contributed by atoms with E-state index in [1.54, 1.807) is 6.07 Å². The van der Waals surface area contributed by atoms with Crippen molar-refractivity contribution in [3.63, 3.8) is 0 Å². The van der Waals surface area contributed by atoms with E-state index in [2.05, 4.69) is 4.90 Å². The topological polar surface area (TPSA) is 29.3 Å². The van der Waals surface area contributed by atoms with Crippen LogP contribution in [0.1, 0.15) is 37.7 Å². The van der Waals surface area contributed by atoms with E-state index < -0.39 is 11.6 Å². The summed E-state index contributed by atoms with van der Waals surface area (Å²) in [6.45, 7) is 2.28. The molecule has 106 valence electrons. The van der Waals surface area contributed by atoms with Gasteiger partial charge in [0.25, 0.3) is 0 Å². The van der Waals surface area contributed by atoms with Crippen molar-refractivity contribution >= 4 is 0 Å². The van der Waals surface area contributed by atoms with Crippen LogP contribution in [0.2, 0.25) is 0 Å². The summed E-state index contributed by atoms with van der Waals surface area (Å²) in [7, 11) is 0. The van der Waals surface area contributed by atoms with Crippen molar-refractivity contribution in [3.8, 4) is 0 Å². The summed E-state index contributed by atoms with van der Waals surface area (Å²) >= 11 is 0. The summed E-state index contributed by atoms with van der Waals surface area (Å²) in [5.74, 6) is -1.54. The molecule has 19 heavy (non-hydrogen) atoms. The van der Waals surface area contributed by atoms with Crippen LogP contribution in [-0.4, -0.2) is 24.0 Å². The normalized spacial score (nSPS) is 16.4. The van der Waals surface area contributed by atoms with Gasteiger partial charge in [0.1, 0.15) is 0 Å². The molecule has 1 aromatic carbocycles. The number of nitrogens with two attached hydrogens (primary N) is 1. The standard InChI is InChI=1S/C15H22F2N2/c16-14-7-6-12(10-15(14)17)11-19(9-3-8-18)13-4-1-2-5-13/h6-7,10,13H,1-5,8-9,11,18H2. The highest BCUT2D eigenvalue weighted by atomic mass is 19.2. The molecule has 2 rings (SSSR count). The summed E-state index contributed by atoms with van der Waals surface area (Å²) in [5, 5.41) is 0. The second-order valence-corrected chi connectivity index (χ2v) is 5.30. The third-order valence-corrected chi connectivity index (χ3v) is 3.86. The largest absolute Gasteiger partial charge is 0.330 e. The molecule has 0 saturated heterocycles. The van der Waals surface area contributed by atoms with Crippen molar-refractivity contribution in [1.82, 2.24) is 4.90 Å². The maximum Gasteiger partial charge on any atom is 0.159 e. The molecule has 1 fully saturated rings. The van der Waals surface area contributed by atoms with Gasteiger partial charge in [0.15, 0.2) is 11.6 Å². The predicted octanol–water partition coefficient (Wildman–Crippen LogP) is 3.06. The van der Waals surface area contributed by atoms with Crippen LogP contribution < -0.4 is 5.73 Å². The lowest BCUT2D eigenvalue weighted by atomic mass is 10.1. The van der Waals surface area contributed by atoms with Gasteiger partial charge in [0.2, 0.25) is 0 Å². The quantitative estimate of drug-likeness (QED) is 0.859. The number of hydrogen-bond donors (Lipinski definition) is 1. The molecular formula is C15H22F2N2. The minimum absolute atomic E-state index is 0.569. The summed E-state index contributed by atoms with van der Waals surface area (Å²) < 4.78 is 26.2. The highest BCUT2D eigenvalue weighted by molar-refractivity contribution is 5.17. The zero-order chi connectivity index (χ0) is 13.7. The van der Waals surface area contributed by atoms with Crippen molar-refractivity contribution in [2.45, 2.75) is 44.7 Å². The van der Waals surface area contributed by atoms with E-state index in [1.807, 2.05) is 0 Å². The SMILES string of the molecule is NCCCN(Cc1ccc(F)c(F)c1)C1CCCC1. The number of benzene rings is 1. The van der Waals surface area contributed by atoms with E-state index in [9.17, 15) is 8.78 Å². The molecule has 1 aromatic rings. The second-order valence-electron chi connectivity index (χ2n) is 5.30. The smallest absolute Gasteiger partial charge is 0.159 e. The Morgan fingerprint density at radius 1 is 1.16 bits per heavy atom. The van der Waals surface area contributed by atoms with E-state index in [0.717, 1.165) is 18.5 Å². The molecule has 1 aliphatic carbocycles. The third kappa shape index (κ3) is 3.98. The van der Waals surface area contributed by atoms with E-state index >= 15 is 0 Å². The van der Waals surface area contributed by atoms with Crippen LogP contribution in [0.4, 0.5) is 8.78 Å². The molecule has 0 heterocycles. The molecular weight excluding hydrogens is 246 g/mol. The molecule has 1 aliphatic rings. The van der Waals surface area contributed by atoms with Gasteiger partial charge in [-0.15, -0.1) is 0 Å². The van der Waals surface area contributed by atoms with Gasteiger partial charge in [-0.05, 0) is 50.0 Å². The maximum atomic E-state index is 13.2. The van der Waals surface area contributed by atoms with Gasteiger partial charge in [0, 0.05) is 12.6 Å². The fraction of sp³-hybridized carbons (Fsp3) is 0.600. The average Bonchev–Trinajstić information content (AvgIpc) is 2.92. The Morgan fingerprint density at radius 2 is 1.89 bits per heavy atom. The Balaban J connectivity index is 2.03. The zero-order valence-electron chi connectivity index (χ0n) is 11.2. The predicted molar refractivity (Wildman–Crippen MR) is 72.7 cm³/mol. The molecule has 4 heteroatoms. The molecule has 0 aromatic heterocycles. The summed E-state index contributed by atoms with van der Waals surface area (Å²) in [6, 6.07) is 4.75. The molecule has 0 spiro atoms. The highest BCUT2D eigenvalue weighted by Crippen LogP contribution is 2.25. The molecule has 0 radical (unpaired) electrons. The molecule has 0 atom stereocenters. The van der Waals surface area contributed by atoms with Crippen molar-refractivity contribution in [2.24, 2.45) is 5.73 Å². The minimum Gasteiger partial charge on any atom is -0.330 e. The Kier molecular flexibility index (Phi) is 5.28. The number of nitrogens with zero attached hydrogens (tertiary/aromatic N) is 1. The Hall–Kier alpha value is -1.00. The second kappa shape index (κ2) is 6.96. The molecule has 0 aliphatic heterocycles. The Bertz CT molecular complexity index is 403. The van der Waals surface area contributed by atoms with Gasteiger partial charge in [0.05, 0.1) is 0 Å². The first-order valence-electron chi connectivity index (χ1n) is 7.08. The lowest BCUT2D eigenvalue weighted by molar-refractivity contribution is 0.188. The van der Waals surface area contributed by atoms with E-state index in [4.69, 9.17) is 5.73 Å². The van der Waals surface area contributed by atoms with Crippen LogP contribution in [0.5, 0.6) is 0 Å². The van der Waals surface area contributed by atoms with E-state index in [-0.39, 0.29) is 0 Å². The number of rotatable bonds is 6. The lowest BCUT2D eigenvalue weighted by Gasteiger charge is -2.28. The van der Waals surface area contributed by atoms with Gasteiger partial charge in [-0.2, -0.15) is 0 Å². The first-order chi connectivity index (χ1) is 9.20. The monoisotopic (exact) mass is 268 g/mol. The van der Waals surface area contributed by atoms with Gasteiger partial charge in [-0.1, -0.05) is 18.9 Å². The Labute approximate surface area is 113 Å². The van der Waals surface area contributed by atoms with Crippen LogP contribution in [0, 0.1) is 11.6 Å². The van der Waals surface area contributed by atoms with Crippen molar-refractivity contribution in [1.29, 1.82) is 0 Å². The van der Waals surface area contributed by atoms with E-state index in [0.29, 0.717) is 19.1 Å². The molecule has 0 bridgehead atoms. The summed E-state index contributed by atoms with van der Waals surface area (Å²) in [5.41, 5.74) is 6.41. The lowest BCUT2D eigenvalue weighted by Crippen LogP contribution is -2.34. The van der Waals surface area contributed by atoms with Crippen LogP contribution in [0.25, 0.3) is 0 Å². The molecule has 0 unspecified atom stereocenters. The highest BCUT2D eigenvalue weighted by Gasteiger charge is 2.22. The number of hydrogen-bond acceptors (Lipinski definition) is 2. The van der Waals surface area contributed by atoms with Gasteiger partial charge in [-0.25, -0.2) is 8.78 Å². The molecule has 1 saturated carbocycles. The molecule has 2 N–H and O–H groups in total. The first-order valence-corrected chi connectivity index (χ1v) is 7.08. The fourth-order valence-corrected chi connectivity index (χ4v) is 2.83. The van der Waals surface area contributed by atoms with Crippen LogP contribution >= 0.6 is 0 Å². The molecule has 0 amide bonds. The average molecular weight is 268 g/mol. The van der Waals surface area contributed by atoms with Crippen molar-refractivity contribution < 1.29 is 8.78 Å². The van der Waals surface area contributed by atoms with Crippen LogP contribution in [0.3, 0.4) is 0 Å². The van der Waals surface area contributed by atoms with Gasteiger partial charge in [-0.3, -0.25) is 4.90 Å². The first kappa shape index (κ1) is 14.4. The zero-order valence-corrected chi connectivity index (χ0v) is 11.2.